The molecule has 2 aromatic carbocycles. The van der Waals surface area contributed by atoms with Gasteiger partial charge in [0, 0.05) is 23.2 Å². The van der Waals surface area contributed by atoms with Crippen LogP contribution in [0, 0.1) is 0 Å². The van der Waals surface area contributed by atoms with Gasteiger partial charge in [-0.25, -0.2) is 0 Å². The lowest BCUT2D eigenvalue weighted by atomic mass is 10.2. The van der Waals surface area contributed by atoms with Gasteiger partial charge in [0.2, 0.25) is 5.91 Å². The predicted octanol–water partition coefficient (Wildman–Crippen LogP) is 3.68. The number of anilines is 1. The van der Waals surface area contributed by atoms with Gasteiger partial charge in [0.25, 0.3) is 11.8 Å². The van der Waals surface area contributed by atoms with Crippen molar-refractivity contribution in [2.45, 2.75) is 39.5 Å². The van der Waals surface area contributed by atoms with Gasteiger partial charge in [-0.1, -0.05) is 26.7 Å². The van der Waals surface area contributed by atoms with E-state index in [9.17, 15) is 14.4 Å². The second kappa shape index (κ2) is 11.5. The van der Waals surface area contributed by atoms with Crippen LogP contribution in [-0.2, 0) is 4.79 Å². The quantitative estimate of drug-likeness (QED) is 0.444. The van der Waals surface area contributed by atoms with Gasteiger partial charge in [0.05, 0.1) is 6.61 Å². The van der Waals surface area contributed by atoms with E-state index in [0.717, 1.165) is 19.3 Å². The molecule has 0 aliphatic carbocycles. The summed E-state index contributed by atoms with van der Waals surface area (Å²) < 4.78 is 5.61. The number of amides is 3. The number of hydrogen-bond donors (Lipinski definition) is 3. The normalized spacial score (nSPS) is 10.1. The van der Waals surface area contributed by atoms with Crippen LogP contribution in [0.1, 0.15) is 60.2 Å². The third-order valence-electron chi connectivity index (χ3n) is 4.17. The summed E-state index contributed by atoms with van der Waals surface area (Å²) in [6, 6.07) is 13.1. The van der Waals surface area contributed by atoms with Crippen molar-refractivity contribution in [3.63, 3.8) is 0 Å². The smallest absolute Gasteiger partial charge is 0.269 e. The van der Waals surface area contributed by atoms with Crippen molar-refractivity contribution in [3.05, 3.63) is 59.7 Å². The van der Waals surface area contributed by atoms with E-state index < -0.39 is 11.8 Å². The molecule has 0 atom stereocenters. The molecule has 0 aromatic heterocycles. The molecule has 0 aliphatic heterocycles. The van der Waals surface area contributed by atoms with Crippen LogP contribution in [-0.4, -0.2) is 24.3 Å². The van der Waals surface area contributed by atoms with E-state index in [1.807, 2.05) is 0 Å². The monoisotopic (exact) mass is 397 g/mol. The van der Waals surface area contributed by atoms with Gasteiger partial charge in [-0.15, -0.1) is 0 Å². The number of benzene rings is 2. The first-order chi connectivity index (χ1) is 14.0. The molecule has 0 saturated carbocycles. The highest BCUT2D eigenvalue weighted by molar-refractivity contribution is 5.99. The van der Waals surface area contributed by atoms with Crippen molar-refractivity contribution in [2.75, 3.05) is 11.9 Å². The van der Waals surface area contributed by atoms with E-state index >= 15 is 0 Å². The molecule has 0 heterocycles. The van der Waals surface area contributed by atoms with E-state index in [1.54, 1.807) is 55.5 Å². The summed E-state index contributed by atoms with van der Waals surface area (Å²) in [5.74, 6) is -0.283. The zero-order valence-electron chi connectivity index (χ0n) is 16.8. The molecule has 0 fully saturated rings. The summed E-state index contributed by atoms with van der Waals surface area (Å²) in [6.45, 7) is 4.54. The molecule has 0 bridgehead atoms. The largest absolute Gasteiger partial charge is 0.494 e. The molecule has 154 valence electrons. The van der Waals surface area contributed by atoms with Gasteiger partial charge in [-0.3, -0.25) is 25.2 Å². The van der Waals surface area contributed by atoms with E-state index in [4.69, 9.17) is 4.74 Å². The second-order valence-electron chi connectivity index (χ2n) is 6.47. The minimum Gasteiger partial charge on any atom is -0.494 e. The fourth-order valence-corrected chi connectivity index (χ4v) is 2.46. The summed E-state index contributed by atoms with van der Waals surface area (Å²) in [4.78, 5) is 35.7. The molecule has 0 radical (unpaired) electrons. The maximum Gasteiger partial charge on any atom is 0.269 e. The summed E-state index contributed by atoms with van der Waals surface area (Å²) in [5.41, 5.74) is 6.13. The first-order valence-corrected chi connectivity index (χ1v) is 9.77. The van der Waals surface area contributed by atoms with Crippen LogP contribution in [0.5, 0.6) is 5.75 Å². The minimum absolute atomic E-state index is 0.105. The van der Waals surface area contributed by atoms with Crippen LogP contribution >= 0.6 is 0 Å². The van der Waals surface area contributed by atoms with Gasteiger partial charge in [-0.2, -0.15) is 0 Å². The fourth-order valence-electron chi connectivity index (χ4n) is 2.46. The van der Waals surface area contributed by atoms with Crippen LogP contribution in [0.25, 0.3) is 0 Å². The Morgan fingerprint density at radius 2 is 1.34 bits per heavy atom. The van der Waals surface area contributed by atoms with Crippen molar-refractivity contribution in [1.29, 1.82) is 0 Å². The van der Waals surface area contributed by atoms with Crippen molar-refractivity contribution >= 4 is 23.4 Å². The number of ether oxygens (including phenoxy) is 1. The summed E-state index contributed by atoms with van der Waals surface area (Å²) in [6.07, 6.45) is 3.63. The van der Waals surface area contributed by atoms with Crippen LogP contribution in [0.2, 0.25) is 0 Å². The van der Waals surface area contributed by atoms with E-state index in [-0.39, 0.29) is 5.91 Å². The average Bonchev–Trinajstić information content (AvgIpc) is 2.75. The third-order valence-corrected chi connectivity index (χ3v) is 4.17. The molecular formula is C22H27N3O4. The van der Waals surface area contributed by atoms with E-state index in [0.29, 0.717) is 35.6 Å². The lowest BCUT2D eigenvalue weighted by Crippen LogP contribution is -2.41. The lowest BCUT2D eigenvalue weighted by Gasteiger charge is -2.09. The molecule has 3 amide bonds. The first kappa shape index (κ1) is 21.9. The fraction of sp³-hybridized carbons (Fsp3) is 0.318. The Morgan fingerprint density at radius 1 is 0.793 bits per heavy atom. The molecule has 7 nitrogen and oxygen atoms in total. The van der Waals surface area contributed by atoms with Crippen LogP contribution < -0.4 is 20.9 Å². The summed E-state index contributed by atoms with van der Waals surface area (Å²) in [5, 5.41) is 2.70. The second-order valence-corrected chi connectivity index (χ2v) is 6.47. The van der Waals surface area contributed by atoms with Crippen molar-refractivity contribution in [1.82, 2.24) is 10.9 Å². The molecule has 0 spiro atoms. The molecule has 0 unspecified atom stereocenters. The predicted molar refractivity (Wildman–Crippen MR) is 112 cm³/mol. The highest BCUT2D eigenvalue weighted by Crippen LogP contribution is 2.13. The van der Waals surface area contributed by atoms with Crippen molar-refractivity contribution in [2.24, 2.45) is 0 Å². The summed E-state index contributed by atoms with van der Waals surface area (Å²) >= 11 is 0. The number of nitrogens with one attached hydrogen (secondary N) is 3. The Hall–Kier alpha value is -3.35. The van der Waals surface area contributed by atoms with E-state index in [2.05, 4.69) is 23.1 Å². The Balaban J connectivity index is 1.82. The third kappa shape index (κ3) is 7.29. The molecule has 2 aromatic rings. The Morgan fingerprint density at radius 3 is 1.86 bits per heavy atom. The van der Waals surface area contributed by atoms with Gasteiger partial charge < -0.3 is 10.1 Å². The van der Waals surface area contributed by atoms with Gasteiger partial charge in [0.1, 0.15) is 5.75 Å². The van der Waals surface area contributed by atoms with E-state index in [1.165, 1.54) is 0 Å². The van der Waals surface area contributed by atoms with Crippen molar-refractivity contribution in [3.8, 4) is 5.75 Å². The lowest BCUT2D eigenvalue weighted by molar-refractivity contribution is -0.115. The minimum atomic E-state index is -0.456. The van der Waals surface area contributed by atoms with Gasteiger partial charge in [0.15, 0.2) is 0 Å². The van der Waals surface area contributed by atoms with Crippen LogP contribution in [0.3, 0.4) is 0 Å². The number of rotatable bonds is 9. The highest BCUT2D eigenvalue weighted by atomic mass is 16.5. The number of hydrogen-bond acceptors (Lipinski definition) is 4. The topological polar surface area (TPSA) is 96.5 Å². The Bertz CT molecular complexity index is 817. The number of carbonyl (C=O) groups is 3. The van der Waals surface area contributed by atoms with Crippen molar-refractivity contribution < 1.29 is 19.1 Å². The zero-order valence-corrected chi connectivity index (χ0v) is 16.8. The van der Waals surface area contributed by atoms with Gasteiger partial charge >= 0.3 is 0 Å². The maximum absolute atomic E-state index is 12.2. The Kier molecular flexibility index (Phi) is 8.69. The number of hydrazine groups is 1. The zero-order chi connectivity index (χ0) is 21.1. The maximum atomic E-state index is 12.2. The molecule has 0 aliphatic rings. The molecule has 7 heteroatoms. The summed E-state index contributed by atoms with van der Waals surface area (Å²) in [7, 11) is 0. The molecule has 29 heavy (non-hydrogen) atoms. The molecule has 0 saturated heterocycles. The van der Waals surface area contributed by atoms with Gasteiger partial charge in [-0.05, 0) is 55.0 Å². The first-order valence-electron chi connectivity index (χ1n) is 9.77. The van der Waals surface area contributed by atoms with Crippen LogP contribution in [0.15, 0.2) is 48.5 Å². The standard InChI is InChI=1S/C22H27N3O4/c1-3-5-6-15-29-19-13-9-17(10-14-19)22(28)25-24-21(27)16-7-11-18(12-8-16)23-20(26)4-2/h7-14H,3-6,15H2,1-2H3,(H,23,26)(H,24,27)(H,25,28). The Labute approximate surface area is 170 Å². The molecular weight excluding hydrogens is 370 g/mol. The average molecular weight is 397 g/mol. The highest BCUT2D eigenvalue weighted by Gasteiger charge is 2.10. The molecule has 2 rings (SSSR count). The molecule has 3 N–H and O–H groups in total. The number of carbonyl (C=O) groups excluding carboxylic acids is 3. The van der Waals surface area contributed by atoms with Crippen LogP contribution in [0.4, 0.5) is 5.69 Å². The number of unbranched alkanes of at least 4 members (excludes halogenated alkanes) is 2. The SMILES string of the molecule is CCCCCOc1ccc(C(=O)NNC(=O)c2ccc(NC(=O)CC)cc2)cc1.